The minimum atomic E-state index is -2.04. The van der Waals surface area contributed by atoms with Crippen molar-refractivity contribution >= 4 is 40.6 Å². The van der Waals surface area contributed by atoms with Crippen LogP contribution in [-0.2, 0) is 14.3 Å². The number of rotatable bonds is 6. The highest BCUT2D eigenvalue weighted by Gasteiger charge is 2.75. The number of Topliss-reactive ketones (excluding diaryl/α,β-unsaturated/α-hetero) is 2. The van der Waals surface area contributed by atoms with Crippen molar-refractivity contribution in [3.05, 3.63) is 59.7 Å². The van der Waals surface area contributed by atoms with E-state index in [1.165, 1.54) is 6.08 Å². The molecule has 4 aliphatic carbocycles. The molecule has 0 saturated heterocycles. The van der Waals surface area contributed by atoms with Crippen LogP contribution in [0.2, 0.25) is 0 Å². The average molecular weight is 547 g/mol. The van der Waals surface area contributed by atoms with Gasteiger partial charge in [0.1, 0.15) is 13.2 Å². The Morgan fingerprint density at radius 2 is 1.86 bits per heavy atom. The molecule has 0 spiro atoms. The number of carbonyl (C=O) groups excluding carboxylic acids is 3. The molecule has 198 valence electrons. The molecule has 1 unspecified atom stereocenters. The van der Waals surface area contributed by atoms with E-state index < -0.39 is 45.2 Å². The number of halogens is 2. The van der Waals surface area contributed by atoms with Crippen LogP contribution in [0, 0.1) is 22.7 Å². The maximum atomic E-state index is 13.2. The molecule has 1 aromatic carbocycles. The highest BCUT2D eigenvalue weighted by Crippen LogP contribution is 2.71. The second-order valence-electron chi connectivity index (χ2n) is 11.4. The highest BCUT2D eigenvalue weighted by molar-refractivity contribution is 6.34. The van der Waals surface area contributed by atoms with Gasteiger partial charge in [0, 0.05) is 16.4 Å². The molecule has 6 nitrogen and oxygen atoms in total. The predicted octanol–water partition coefficient (Wildman–Crippen LogP) is 4.04. The number of benzene rings is 1. The van der Waals surface area contributed by atoms with Crippen LogP contribution < -0.4 is 0 Å². The summed E-state index contributed by atoms with van der Waals surface area (Å²) in [7, 11) is 0. The van der Waals surface area contributed by atoms with Crippen LogP contribution in [0.1, 0.15) is 49.9 Å². The van der Waals surface area contributed by atoms with Crippen molar-refractivity contribution in [2.45, 2.75) is 61.5 Å². The topological polar surface area (TPSA) is 101 Å². The number of ether oxygens (including phenoxy) is 1. The minimum Gasteiger partial charge on any atom is -0.388 e. The molecular formula is C29H32Cl2O6. The van der Waals surface area contributed by atoms with E-state index in [1.807, 2.05) is 26.0 Å². The second-order valence-corrected chi connectivity index (χ2v) is 12.5. The van der Waals surface area contributed by atoms with Crippen molar-refractivity contribution in [2.75, 3.05) is 13.2 Å². The minimum absolute atomic E-state index is 0.0710. The van der Waals surface area contributed by atoms with E-state index in [4.69, 9.17) is 27.9 Å². The number of fused-ring (bicyclic) bond motifs is 5. The molecular weight excluding hydrogens is 515 g/mol. The van der Waals surface area contributed by atoms with Crippen LogP contribution in [-0.4, -0.2) is 62.7 Å². The van der Waals surface area contributed by atoms with Crippen molar-refractivity contribution < 1.29 is 29.3 Å². The molecule has 0 heterocycles. The van der Waals surface area contributed by atoms with Gasteiger partial charge in [0.15, 0.2) is 23.0 Å². The third-order valence-electron chi connectivity index (χ3n) is 9.87. The molecule has 5 rings (SSSR count). The third kappa shape index (κ3) is 3.60. The van der Waals surface area contributed by atoms with Crippen LogP contribution in [0.15, 0.2) is 54.1 Å². The number of carbonyl (C=O) groups is 3. The number of hydrogen-bond donors (Lipinski definition) is 2. The fraction of sp³-hybridized carbons (Fsp3) is 0.552. The fourth-order valence-corrected chi connectivity index (χ4v) is 9.06. The van der Waals surface area contributed by atoms with Crippen molar-refractivity contribution in [3.63, 3.8) is 0 Å². The smallest absolute Gasteiger partial charge is 0.192 e. The van der Waals surface area contributed by atoms with Crippen LogP contribution in [0.4, 0.5) is 0 Å². The van der Waals surface area contributed by atoms with Gasteiger partial charge in [-0.3, -0.25) is 14.4 Å². The molecule has 3 fully saturated rings. The van der Waals surface area contributed by atoms with E-state index in [0.29, 0.717) is 24.8 Å². The molecule has 0 aromatic heterocycles. The summed E-state index contributed by atoms with van der Waals surface area (Å²) in [5.74, 6) is -1.54. The highest BCUT2D eigenvalue weighted by atomic mass is 35.5. The van der Waals surface area contributed by atoms with Gasteiger partial charge in [0.25, 0.3) is 0 Å². The lowest BCUT2D eigenvalue weighted by Gasteiger charge is -2.63. The maximum absolute atomic E-state index is 13.2. The summed E-state index contributed by atoms with van der Waals surface area (Å²) in [6.45, 7) is 2.66. The Balaban J connectivity index is 1.51. The molecule has 1 aromatic rings. The summed E-state index contributed by atoms with van der Waals surface area (Å²) in [5.41, 5.74) is -2.32. The van der Waals surface area contributed by atoms with Crippen LogP contribution in [0.3, 0.4) is 0 Å². The van der Waals surface area contributed by atoms with Gasteiger partial charge in [-0.05, 0) is 49.7 Å². The molecule has 3 saturated carbocycles. The second kappa shape index (κ2) is 9.13. The Hall–Kier alpha value is -1.83. The first-order valence-electron chi connectivity index (χ1n) is 12.8. The normalized spacial score (nSPS) is 42.4. The molecule has 0 aliphatic heterocycles. The first kappa shape index (κ1) is 26.8. The molecule has 0 amide bonds. The van der Waals surface area contributed by atoms with E-state index in [9.17, 15) is 24.6 Å². The van der Waals surface area contributed by atoms with Crippen molar-refractivity contribution in [1.82, 2.24) is 0 Å². The molecule has 37 heavy (non-hydrogen) atoms. The number of aliphatic hydroxyl groups excluding tert-OH is 1. The lowest BCUT2D eigenvalue weighted by molar-refractivity contribution is -0.180. The van der Waals surface area contributed by atoms with Gasteiger partial charge in [-0.1, -0.05) is 55.8 Å². The fourth-order valence-electron chi connectivity index (χ4n) is 7.83. The van der Waals surface area contributed by atoms with E-state index >= 15 is 0 Å². The van der Waals surface area contributed by atoms with E-state index in [1.54, 1.807) is 30.3 Å². The summed E-state index contributed by atoms with van der Waals surface area (Å²) in [4.78, 5) is 37.1. The van der Waals surface area contributed by atoms with Gasteiger partial charge in [0.05, 0.1) is 16.4 Å². The lowest BCUT2D eigenvalue weighted by atomic mass is 9.46. The largest absolute Gasteiger partial charge is 0.388 e. The zero-order valence-corrected chi connectivity index (χ0v) is 22.5. The zero-order valence-electron chi connectivity index (χ0n) is 21.0. The van der Waals surface area contributed by atoms with Crippen LogP contribution >= 0.6 is 23.2 Å². The standard InChI is InChI=1S/C29H32Cl2O6/c1-26-11-10-19(33)12-18(26)8-9-20-21-13-25(37-16-22(34)17-6-4-3-5-7-17)29(36,24(35)15-32)27(21,2)14-23(30)28(20,26)31/h3-7,10-12,20-21,23,25,32,36H,8-9,13-16H2,1-2H3/t20-,21-,23-,25+,26-,27-,28?,29+/m0/s1. The molecule has 2 N–H and O–H groups in total. The number of allylic oxidation sites excluding steroid dienone is 4. The van der Waals surface area contributed by atoms with Gasteiger partial charge >= 0.3 is 0 Å². The zero-order chi connectivity index (χ0) is 26.8. The monoisotopic (exact) mass is 546 g/mol. The number of aliphatic hydroxyl groups is 2. The summed E-state index contributed by atoms with van der Waals surface area (Å²) >= 11 is 14.6. The maximum Gasteiger partial charge on any atom is 0.192 e. The predicted molar refractivity (Wildman–Crippen MR) is 140 cm³/mol. The summed E-state index contributed by atoms with van der Waals surface area (Å²) in [6.07, 6.45) is 5.81. The molecule has 8 heteroatoms. The number of ketones is 3. The molecule has 4 aliphatic rings. The Bertz CT molecular complexity index is 1200. The molecule has 0 radical (unpaired) electrons. The molecule has 8 atom stereocenters. The first-order valence-corrected chi connectivity index (χ1v) is 13.6. The third-order valence-corrected chi connectivity index (χ3v) is 11.4. The number of alkyl halides is 2. The van der Waals surface area contributed by atoms with Gasteiger partial charge < -0.3 is 14.9 Å². The van der Waals surface area contributed by atoms with E-state index in [-0.39, 0.29) is 36.4 Å². The average Bonchev–Trinajstić information content (AvgIpc) is 3.11. The van der Waals surface area contributed by atoms with Gasteiger partial charge in [-0.2, -0.15) is 0 Å². The number of hydrogen-bond acceptors (Lipinski definition) is 6. The van der Waals surface area contributed by atoms with Crippen molar-refractivity contribution in [1.29, 1.82) is 0 Å². The summed E-state index contributed by atoms with van der Waals surface area (Å²) in [5, 5.41) is 21.3. The lowest BCUT2D eigenvalue weighted by Crippen LogP contribution is -2.68. The SMILES string of the molecule is C[C@]12C=CC(=O)C=C1CC[C@H]1[C@@H]3C[C@@H](OCC(=O)c4ccccc4)[C@](O)(C(=O)CO)[C@@]3(C)C[C@H](Cl)C12Cl. The van der Waals surface area contributed by atoms with Crippen LogP contribution in [0.25, 0.3) is 0 Å². The van der Waals surface area contributed by atoms with Crippen molar-refractivity contribution in [2.24, 2.45) is 22.7 Å². The Labute approximate surface area is 226 Å². The van der Waals surface area contributed by atoms with Gasteiger partial charge in [0.2, 0.25) is 0 Å². The first-order chi connectivity index (χ1) is 17.4. The van der Waals surface area contributed by atoms with Crippen molar-refractivity contribution in [3.8, 4) is 0 Å². The van der Waals surface area contributed by atoms with E-state index in [2.05, 4.69) is 0 Å². The summed E-state index contributed by atoms with van der Waals surface area (Å²) < 4.78 is 6.02. The van der Waals surface area contributed by atoms with E-state index in [0.717, 1.165) is 5.57 Å². The molecule has 0 bridgehead atoms. The Kier molecular flexibility index (Phi) is 6.60. The van der Waals surface area contributed by atoms with Gasteiger partial charge in [-0.25, -0.2) is 0 Å². The summed E-state index contributed by atoms with van der Waals surface area (Å²) in [6, 6.07) is 8.68. The van der Waals surface area contributed by atoms with Crippen LogP contribution in [0.5, 0.6) is 0 Å². The Morgan fingerprint density at radius 3 is 2.54 bits per heavy atom. The Morgan fingerprint density at radius 1 is 1.16 bits per heavy atom. The van der Waals surface area contributed by atoms with Gasteiger partial charge in [-0.15, -0.1) is 23.2 Å². The quantitative estimate of drug-likeness (QED) is 0.412.